The summed E-state index contributed by atoms with van der Waals surface area (Å²) in [7, 11) is 3.80. The topological polar surface area (TPSA) is 35.4 Å². The standard InChI is InChI=1S/C15H20N2O2/c1-17-12-5-3-6-14(18-2)11(12)9-13(17)15-10-16-7-4-8-19-15/h3,5-6,9,15-16H,4,7-8,10H2,1-2H3. The molecule has 0 aliphatic carbocycles. The average Bonchev–Trinajstić information content (AvgIpc) is 2.65. The number of aryl methyl sites for hydroxylation is 1. The van der Waals surface area contributed by atoms with E-state index in [1.54, 1.807) is 7.11 Å². The number of benzene rings is 1. The Labute approximate surface area is 113 Å². The molecule has 0 amide bonds. The molecule has 4 nitrogen and oxygen atoms in total. The molecule has 3 rings (SSSR count). The Balaban J connectivity index is 2.06. The second-order valence-electron chi connectivity index (χ2n) is 4.94. The molecule has 2 aromatic rings. The first-order valence-electron chi connectivity index (χ1n) is 6.76. The minimum atomic E-state index is 0.115. The van der Waals surface area contributed by atoms with E-state index in [9.17, 15) is 0 Å². The highest BCUT2D eigenvalue weighted by molar-refractivity contribution is 5.87. The van der Waals surface area contributed by atoms with E-state index in [0.717, 1.165) is 37.3 Å². The van der Waals surface area contributed by atoms with Gasteiger partial charge in [0.2, 0.25) is 0 Å². The van der Waals surface area contributed by atoms with E-state index in [-0.39, 0.29) is 6.10 Å². The van der Waals surface area contributed by atoms with E-state index in [2.05, 4.69) is 29.1 Å². The van der Waals surface area contributed by atoms with Gasteiger partial charge >= 0.3 is 0 Å². The number of nitrogens with zero attached hydrogens (tertiary/aromatic N) is 1. The molecule has 19 heavy (non-hydrogen) atoms. The first kappa shape index (κ1) is 12.5. The Morgan fingerprint density at radius 3 is 3.16 bits per heavy atom. The molecule has 2 heterocycles. The first-order valence-corrected chi connectivity index (χ1v) is 6.76. The molecule has 4 heteroatoms. The van der Waals surface area contributed by atoms with Crippen molar-refractivity contribution in [3.8, 4) is 5.75 Å². The lowest BCUT2D eigenvalue weighted by molar-refractivity contribution is 0.0623. The molecule has 1 unspecified atom stereocenters. The van der Waals surface area contributed by atoms with Gasteiger partial charge in [-0.2, -0.15) is 0 Å². The lowest BCUT2D eigenvalue weighted by Crippen LogP contribution is -2.21. The minimum absolute atomic E-state index is 0.115. The molecule has 1 atom stereocenters. The Morgan fingerprint density at radius 2 is 2.32 bits per heavy atom. The molecule has 1 aliphatic heterocycles. The summed E-state index contributed by atoms with van der Waals surface area (Å²) < 4.78 is 13.6. The SMILES string of the molecule is COc1cccc2c1cc(C1CNCCCO1)n2C. The van der Waals surface area contributed by atoms with Crippen LogP contribution < -0.4 is 10.1 Å². The second kappa shape index (κ2) is 5.23. The van der Waals surface area contributed by atoms with Crippen LogP contribution in [0.1, 0.15) is 18.2 Å². The van der Waals surface area contributed by atoms with Gasteiger partial charge in [-0.3, -0.25) is 0 Å². The van der Waals surface area contributed by atoms with Crippen molar-refractivity contribution in [3.05, 3.63) is 30.0 Å². The molecule has 0 spiro atoms. The van der Waals surface area contributed by atoms with E-state index >= 15 is 0 Å². The summed E-state index contributed by atoms with van der Waals surface area (Å²) >= 11 is 0. The van der Waals surface area contributed by atoms with Crippen LogP contribution in [0.2, 0.25) is 0 Å². The number of ether oxygens (including phenoxy) is 2. The van der Waals surface area contributed by atoms with Crippen molar-refractivity contribution < 1.29 is 9.47 Å². The van der Waals surface area contributed by atoms with Gasteiger partial charge < -0.3 is 19.4 Å². The van der Waals surface area contributed by atoms with Crippen LogP contribution in [-0.2, 0) is 11.8 Å². The van der Waals surface area contributed by atoms with Crippen molar-refractivity contribution in [3.63, 3.8) is 0 Å². The van der Waals surface area contributed by atoms with Gasteiger partial charge in [0.05, 0.1) is 12.6 Å². The van der Waals surface area contributed by atoms with Crippen molar-refractivity contribution in [2.24, 2.45) is 7.05 Å². The third-order valence-electron chi connectivity index (χ3n) is 3.78. The van der Waals surface area contributed by atoms with Gasteiger partial charge in [0, 0.05) is 31.3 Å². The lowest BCUT2D eigenvalue weighted by atomic mass is 10.2. The van der Waals surface area contributed by atoms with Gasteiger partial charge in [-0.25, -0.2) is 0 Å². The molecule has 1 N–H and O–H groups in total. The Bertz CT molecular complexity index is 569. The summed E-state index contributed by atoms with van der Waals surface area (Å²) in [4.78, 5) is 0. The maximum Gasteiger partial charge on any atom is 0.128 e. The highest BCUT2D eigenvalue weighted by atomic mass is 16.5. The van der Waals surface area contributed by atoms with Crippen LogP contribution in [0.5, 0.6) is 5.75 Å². The van der Waals surface area contributed by atoms with Crippen LogP contribution >= 0.6 is 0 Å². The monoisotopic (exact) mass is 260 g/mol. The van der Waals surface area contributed by atoms with Crippen LogP contribution in [0, 0.1) is 0 Å². The number of rotatable bonds is 2. The molecule has 0 saturated carbocycles. The minimum Gasteiger partial charge on any atom is -0.496 e. The number of methoxy groups -OCH3 is 1. The average molecular weight is 260 g/mol. The Kier molecular flexibility index (Phi) is 3.44. The van der Waals surface area contributed by atoms with Crippen LogP contribution in [0.3, 0.4) is 0 Å². The highest BCUT2D eigenvalue weighted by Gasteiger charge is 2.20. The predicted octanol–water partition coefficient (Wildman–Crippen LogP) is 2.24. The van der Waals surface area contributed by atoms with Gasteiger partial charge in [-0.05, 0) is 31.2 Å². The molecule has 1 fully saturated rings. The Morgan fingerprint density at radius 1 is 1.42 bits per heavy atom. The van der Waals surface area contributed by atoms with E-state index < -0.39 is 0 Å². The molecule has 1 aromatic carbocycles. The number of hydrogen-bond acceptors (Lipinski definition) is 3. The lowest BCUT2D eigenvalue weighted by Gasteiger charge is -2.16. The van der Waals surface area contributed by atoms with Crippen molar-refractivity contribution >= 4 is 10.9 Å². The highest BCUT2D eigenvalue weighted by Crippen LogP contribution is 2.31. The number of hydrogen-bond donors (Lipinski definition) is 1. The third kappa shape index (κ3) is 2.22. The van der Waals surface area contributed by atoms with E-state index in [1.807, 2.05) is 12.1 Å². The summed E-state index contributed by atoms with van der Waals surface area (Å²) in [6.07, 6.45) is 1.19. The van der Waals surface area contributed by atoms with Gasteiger partial charge in [0.25, 0.3) is 0 Å². The fourth-order valence-electron chi connectivity index (χ4n) is 2.75. The summed E-state index contributed by atoms with van der Waals surface area (Å²) in [6.45, 7) is 2.71. The van der Waals surface area contributed by atoms with Crippen LogP contribution in [0.25, 0.3) is 10.9 Å². The normalized spacial score (nSPS) is 20.4. The Hall–Kier alpha value is -1.52. The van der Waals surface area contributed by atoms with Crippen LogP contribution in [-0.4, -0.2) is 31.4 Å². The van der Waals surface area contributed by atoms with Crippen LogP contribution in [0.4, 0.5) is 0 Å². The summed E-state index contributed by atoms with van der Waals surface area (Å²) in [6, 6.07) is 8.33. The quantitative estimate of drug-likeness (QED) is 0.899. The molecule has 1 saturated heterocycles. The fourth-order valence-corrected chi connectivity index (χ4v) is 2.75. The first-order chi connectivity index (χ1) is 9.31. The molecular weight excluding hydrogens is 240 g/mol. The third-order valence-corrected chi connectivity index (χ3v) is 3.78. The van der Waals surface area contributed by atoms with Gasteiger partial charge in [-0.1, -0.05) is 6.07 Å². The van der Waals surface area contributed by atoms with Gasteiger partial charge in [0.15, 0.2) is 0 Å². The largest absolute Gasteiger partial charge is 0.496 e. The van der Waals surface area contributed by atoms with Crippen molar-refractivity contribution in [1.29, 1.82) is 0 Å². The van der Waals surface area contributed by atoms with Crippen molar-refractivity contribution in [2.45, 2.75) is 12.5 Å². The fraction of sp³-hybridized carbons (Fsp3) is 0.467. The van der Waals surface area contributed by atoms with Crippen LogP contribution in [0.15, 0.2) is 24.3 Å². The van der Waals surface area contributed by atoms with Gasteiger partial charge in [-0.15, -0.1) is 0 Å². The van der Waals surface area contributed by atoms with E-state index in [0.29, 0.717) is 0 Å². The maximum absolute atomic E-state index is 5.95. The molecule has 1 aliphatic rings. The number of nitrogens with one attached hydrogen (secondary N) is 1. The second-order valence-corrected chi connectivity index (χ2v) is 4.94. The molecule has 0 bridgehead atoms. The summed E-state index contributed by atoms with van der Waals surface area (Å²) in [5, 5.41) is 4.57. The number of aromatic nitrogens is 1. The molecule has 1 aromatic heterocycles. The summed E-state index contributed by atoms with van der Waals surface area (Å²) in [5.74, 6) is 0.918. The van der Waals surface area contributed by atoms with E-state index in [1.165, 1.54) is 11.2 Å². The zero-order valence-corrected chi connectivity index (χ0v) is 11.5. The molecule has 0 radical (unpaired) electrons. The van der Waals surface area contributed by atoms with Crippen molar-refractivity contribution in [1.82, 2.24) is 9.88 Å². The smallest absolute Gasteiger partial charge is 0.128 e. The van der Waals surface area contributed by atoms with Gasteiger partial charge in [0.1, 0.15) is 11.9 Å². The zero-order chi connectivity index (χ0) is 13.2. The zero-order valence-electron chi connectivity index (χ0n) is 11.5. The van der Waals surface area contributed by atoms with Crippen molar-refractivity contribution in [2.75, 3.05) is 26.8 Å². The van der Waals surface area contributed by atoms with E-state index in [4.69, 9.17) is 9.47 Å². The maximum atomic E-state index is 5.95. The number of fused-ring (bicyclic) bond motifs is 1. The summed E-state index contributed by atoms with van der Waals surface area (Å²) in [5.41, 5.74) is 2.39. The predicted molar refractivity (Wildman–Crippen MR) is 75.7 cm³/mol. The molecule has 102 valence electrons. The molecular formula is C15H20N2O2.